The number of rotatable bonds is 11. The molecule has 0 bridgehead atoms. The zero-order valence-electron chi connectivity index (χ0n) is 16.7. The van der Waals surface area contributed by atoms with Gasteiger partial charge in [0.05, 0.1) is 19.4 Å². The summed E-state index contributed by atoms with van der Waals surface area (Å²) >= 11 is 0. The van der Waals surface area contributed by atoms with Crippen molar-refractivity contribution in [1.82, 2.24) is 14.9 Å². The third-order valence-corrected chi connectivity index (χ3v) is 5.94. The smallest absolute Gasteiger partial charge is 0.215 e. The van der Waals surface area contributed by atoms with E-state index in [0.717, 1.165) is 17.7 Å². The van der Waals surface area contributed by atoms with Gasteiger partial charge in [-0.25, -0.2) is 12.7 Å². The average molecular weight is 512 g/mol. The number of nitrogens with zero attached hydrogens (tertiary/aromatic N) is 2. The highest BCUT2D eigenvalue weighted by Crippen LogP contribution is 2.17. The molecular formula is C18H33IN4O3S. The van der Waals surface area contributed by atoms with Gasteiger partial charge in [0.1, 0.15) is 5.75 Å². The van der Waals surface area contributed by atoms with E-state index >= 15 is 0 Å². The van der Waals surface area contributed by atoms with Gasteiger partial charge in [0.25, 0.3) is 0 Å². The largest absolute Gasteiger partial charge is 0.496 e. The minimum absolute atomic E-state index is 0. The number of para-hydroxylation sites is 1. The summed E-state index contributed by atoms with van der Waals surface area (Å²) < 4.78 is 31.2. The van der Waals surface area contributed by atoms with Gasteiger partial charge in [-0.2, -0.15) is 0 Å². The number of aliphatic imine (C=N–C) groups is 1. The number of hydrogen-bond acceptors (Lipinski definition) is 4. The number of halogens is 1. The third kappa shape index (κ3) is 9.11. The summed E-state index contributed by atoms with van der Waals surface area (Å²) in [5, 5.41) is 6.38. The molecule has 0 aromatic heterocycles. The molecule has 1 rings (SSSR count). The van der Waals surface area contributed by atoms with Gasteiger partial charge >= 0.3 is 0 Å². The van der Waals surface area contributed by atoms with E-state index in [9.17, 15) is 8.42 Å². The molecule has 0 spiro atoms. The number of hydrogen-bond donors (Lipinski definition) is 2. The summed E-state index contributed by atoms with van der Waals surface area (Å²) in [5.41, 5.74) is 1.11. The van der Waals surface area contributed by atoms with E-state index in [2.05, 4.69) is 15.6 Å². The second-order valence-corrected chi connectivity index (χ2v) is 7.74. The fourth-order valence-corrected chi connectivity index (χ4v) is 3.95. The molecule has 0 fully saturated rings. The van der Waals surface area contributed by atoms with Gasteiger partial charge in [-0.15, -0.1) is 24.0 Å². The van der Waals surface area contributed by atoms with Crippen molar-refractivity contribution in [2.45, 2.75) is 27.2 Å². The van der Waals surface area contributed by atoms with E-state index in [0.29, 0.717) is 32.1 Å². The predicted molar refractivity (Wildman–Crippen MR) is 123 cm³/mol. The predicted octanol–water partition coefficient (Wildman–Crippen LogP) is 2.08. The molecule has 0 unspecified atom stereocenters. The van der Waals surface area contributed by atoms with Gasteiger partial charge in [0.15, 0.2) is 5.96 Å². The van der Waals surface area contributed by atoms with E-state index in [1.165, 1.54) is 4.31 Å². The van der Waals surface area contributed by atoms with E-state index < -0.39 is 10.0 Å². The Morgan fingerprint density at radius 2 is 1.81 bits per heavy atom. The molecule has 156 valence electrons. The number of sulfonamides is 1. The van der Waals surface area contributed by atoms with Crippen molar-refractivity contribution in [3.8, 4) is 5.75 Å². The molecule has 1 aromatic carbocycles. The first kappa shape index (κ1) is 25.9. The Bertz CT molecular complexity index is 664. The van der Waals surface area contributed by atoms with Crippen LogP contribution in [-0.4, -0.2) is 64.3 Å². The Morgan fingerprint density at radius 1 is 1.15 bits per heavy atom. The van der Waals surface area contributed by atoms with E-state index in [1.807, 2.05) is 45.0 Å². The maximum absolute atomic E-state index is 12.2. The van der Waals surface area contributed by atoms with Crippen LogP contribution in [0.5, 0.6) is 5.75 Å². The van der Waals surface area contributed by atoms with Crippen molar-refractivity contribution < 1.29 is 13.2 Å². The lowest BCUT2D eigenvalue weighted by Crippen LogP contribution is -2.39. The maximum Gasteiger partial charge on any atom is 0.215 e. The van der Waals surface area contributed by atoms with Gasteiger partial charge < -0.3 is 15.4 Å². The van der Waals surface area contributed by atoms with Crippen molar-refractivity contribution in [3.05, 3.63) is 29.8 Å². The number of methoxy groups -OCH3 is 1. The number of ether oxygens (including phenoxy) is 1. The molecular weight excluding hydrogens is 479 g/mol. The van der Waals surface area contributed by atoms with Gasteiger partial charge in [-0.3, -0.25) is 4.99 Å². The van der Waals surface area contributed by atoms with Crippen molar-refractivity contribution in [3.63, 3.8) is 0 Å². The lowest BCUT2D eigenvalue weighted by Gasteiger charge is -2.18. The monoisotopic (exact) mass is 512 g/mol. The van der Waals surface area contributed by atoms with Gasteiger partial charge in [-0.1, -0.05) is 32.0 Å². The fourth-order valence-electron chi connectivity index (χ4n) is 2.59. The fraction of sp³-hybridized carbons (Fsp3) is 0.611. The third-order valence-electron chi connectivity index (χ3n) is 3.94. The molecule has 0 saturated heterocycles. The molecule has 9 heteroatoms. The molecule has 0 atom stereocenters. The zero-order valence-corrected chi connectivity index (χ0v) is 19.8. The minimum Gasteiger partial charge on any atom is -0.496 e. The summed E-state index contributed by atoms with van der Waals surface area (Å²) in [7, 11) is -1.59. The number of nitrogens with one attached hydrogen (secondary N) is 2. The molecule has 2 N–H and O–H groups in total. The highest BCUT2D eigenvalue weighted by atomic mass is 127. The molecule has 0 aliphatic carbocycles. The molecule has 0 saturated carbocycles. The van der Waals surface area contributed by atoms with Crippen LogP contribution in [0.25, 0.3) is 0 Å². The summed E-state index contributed by atoms with van der Waals surface area (Å²) in [6, 6.07) is 7.89. The molecule has 0 aliphatic rings. The van der Waals surface area contributed by atoms with Crippen LogP contribution in [-0.2, 0) is 16.4 Å². The van der Waals surface area contributed by atoms with Crippen LogP contribution in [0.1, 0.15) is 26.3 Å². The molecule has 0 radical (unpaired) electrons. The first-order valence-electron chi connectivity index (χ1n) is 9.10. The molecule has 7 nitrogen and oxygen atoms in total. The lowest BCUT2D eigenvalue weighted by atomic mass is 10.1. The van der Waals surface area contributed by atoms with Crippen LogP contribution in [0.4, 0.5) is 0 Å². The minimum atomic E-state index is -3.25. The SMILES string of the molecule is CCNC(=NCCS(=O)(=O)N(CC)CC)NCCc1ccccc1OC.I. The van der Waals surface area contributed by atoms with Crippen LogP contribution in [0.2, 0.25) is 0 Å². The van der Waals surface area contributed by atoms with Crippen LogP contribution in [0.3, 0.4) is 0 Å². The van der Waals surface area contributed by atoms with E-state index in [-0.39, 0.29) is 36.3 Å². The Labute approximate surface area is 181 Å². The zero-order chi connectivity index (χ0) is 19.4. The lowest BCUT2D eigenvalue weighted by molar-refractivity contribution is 0.409. The topological polar surface area (TPSA) is 83.0 Å². The van der Waals surface area contributed by atoms with E-state index in [1.54, 1.807) is 7.11 Å². The Balaban J connectivity index is 0.00000676. The normalized spacial score (nSPS) is 11.8. The molecule has 1 aromatic rings. The van der Waals surface area contributed by atoms with Crippen molar-refractivity contribution >= 4 is 40.0 Å². The second kappa shape index (κ2) is 14.0. The highest BCUT2D eigenvalue weighted by Gasteiger charge is 2.17. The molecule has 0 amide bonds. The maximum atomic E-state index is 12.2. The van der Waals surface area contributed by atoms with Crippen LogP contribution >= 0.6 is 24.0 Å². The van der Waals surface area contributed by atoms with Gasteiger partial charge in [0, 0.05) is 26.2 Å². The highest BCUT2D eigenvalue weighted by molar-refractivity contribution is 14.0. The number of guanidine groups is 1. The Morgan fingerprint density at radius 3 is 2.41 bits per heavy atom. The summed E-state index contributed by atoms with van der Waals surface area (Å²) in [4.78, 5) is 4.38. The Hall–Kier alpha value is -1.07. The first-order chi connectivity index (χ1) is 12.5. The molecule has 0 aliphatic heterocycles. The standard InChI is InChI=1S/C18H32N4O3S.HI/c1-5-19-18(21-14-15-26(23,24)22(6-2)7-3)20-13-12-16-10-8-9-11-17(16)25-4;/h8-11H,5-7,12-15H2,1-4H3,(H2,19,20,21);1H. The van der Waals surface area contributed by atoms with E-state index in [4.69, 9.17) is 4.74 Å². The first-order valence-corrected chi connectivity index (χ1v) is 10.7. The summed E-state index contributed by atoms with van der Waals surface area (Å²) in [5.74, 6) is 1.50. The quantitative estimate of drug-likeness (QED) is 0.270. The Kier molecular flexibility index (Phi) is 13.4. The van der Waals surface area contributed by atoms with Gasteiger partial charge in [0.2, 0.25) is 10.0 Å². The van der Waals surface area contributed by atoms with Crippen molar-refractivity contribution in [2.75, 3.05) is 45.6 Å². The molecule has 27 heavy (non-hydrogen) atoms. The van der Waals surface area contributed by atoms with Gasteiger partial charge in [-0.05, 0) is 25.0 Å². The van der Waals surface area contributed by atoms with Crippen LogP contribution in [0.15, 0.2) is 29.3 Å². The molecule has 0 heterocycles. The number of benzene rings is 1. The average Bonchev–Trinajstić information content (AvgIpc) is 2.62. The summed E-state index contributed by atoms with van der Waals surface area (Å²) in [6.07, 6.45) is 0.784. The van der Waals surface area contributed by atoms with Crippen molar-refractivity contribution in [2.24, 2.45) is 4.99 Å². The van der Waals surface area contributed by atoms with Crippen LogP contribution < -0.4 is 15.4 Å². The van der Waals surface area contributed by atoms with Crippen LogP contribution in [0, 0.1) is 0 Å². The van der Waals surface area contributed by atoms with Crippen molar-refractivity contribution in [1.29, 1.82) is 0 Å². The summed E-state index contributed by atoms with van der Waals surface area (Å²) in [6.45, 7) is 8.24. The second-order valence-electron chi connectivity index (χ2n) is 5.65.